The molecule has 2 aliphatic rings. The Labute approximate surface area is 145 Å². The van der Waals surface area contributed by atoms with Crippen LogP contribution in [0.25, 0.3) is 11.0 Å². The van der Waals surface area contributed by atoms with Crippen molar-refractivity contribution < 1.29 is 4.79 Å². The van der Waals surface area contributed by atoms with Gasteiger partial charge in [-0.3, -0.25) is 9.36 Å². The number of fused-ring (bicyclic) bond motifs is 1. The van der Waals surface area contributed by atoms with Crippen LogP contribution >= 0.6 is 11.8 Å². The van der Waals surface area contributed by atoms with Crippen LogP contribution in [0.2, 0.25) is 0 Å². The lowest BCUT2D eigenvalue weighted by molar-refractivity contribution is -0.136. The number of nitrogens with one attached hydrogen (secondary N) is 1. The van der Waals surface area contributed by atoms with Crippen molar-refractivity contribution in [2.24, 2.45) is 5.92 Å². The summed E-state index contributed by atoms with van der Waals surface area (Å²) in [5.74, 6) is 2.69. The van der Waals surface area contributed by atoms with Gasteiger partial charge in [0, 0.05) is 30.8 Å². The molecule has 2 aromatic rings. The van der Waals surface area contributed by atoms with Crippen LogP contribution < -0.4 is 5.69 Å². The molecule has 0 saturated carbocycles. The largest absolute Gasteiger partial charge is 0.342 e. The SMILES string of the molecule is O=C(C1CCCSC1)N1CCC(n2c(=O)[nH]c3ccccc32)CC1. The second-order valence-corrected chi connectivity index (χ2v) is 7.94. The molecule has 6 heteroatoms. The minimum atomic E-state index is -0.0374. The van der Waals surface area contributed by atoms with Crippen LogP contribution in [-0.4, -0.2) is 45.0 Å². The van der Waals surface area contributed by atoms with Gasteiger partial charge in [-0.25, -0.2) is 4.79 Å². The van der Waals surface area contributed by atoms with E-state index in [1.807, 2.05) is 45.5 Å². The second kappa shape index (κ2) is 6.67. The monoisotopic (exact) mass is 345 g/mol. The molecule has 24 heavy (non-hydrogen) atoms. The van der Waals surface area contributed by atoms with E-state index < -0.39 is 0 Å². The van der Waals surface area contributed by atoms with Crippen LogP contribution in [0.3, 0.4) is 0 Å². The molecule has 4 rings (SSSR count). The van der Waals surface area contributed by atoms with Crippen LogP contribution in [0.1, 0.15) is 31.7 Å². The van der Waals surface area contributed by atoms with Crippen molar-refractivity contribution in [1.82, 2.24) is 14.5 Å². The summed E-state index contributed by atoms with van der Waals surface area (Å²) in [6.07, 6.45) is 3.90. The summed E-state index contributed by atoms with van der Waals surface area (Å²) in [5, 5.41) is 0. The number of imidazole rings is 1. The first kappa shape index (κ1) is 15.8. The van der Waals surface area contributed by atoms with Crippen molar-refractivity contribution in [1.29, 1.82) is 0 Å². The number of para-hydroxylation sites is 2. The lowest BCUT2D eigenvalue weighted by Crippen LogP contribution is -2.44. The van der Waals surface area contributed by atoms with Gasteiger partial charge in [0.1, 0.15) is 0 Å². The van der Waals surface area contributed by atoms with Gasteiger partial charge in [-0.15, -0.1) is 0 Å². The van der Waals surface area contributed by atoms with Gasteiger partial charge < -0.3 is 9.88 Å². The third-order valence-electron chi connectivity index (χ3n) is 5.27. The molecular formula is C18H23N3O2S. The highest BCUT2D eigenvalue weighted by atomic mass is 32.2. The Morgan fingerprint density at radius 3 is 2.71 bits per heavy atom. The molecule has 1 unspecified atom stereocenters. The summed E-state index contributed by atoms with van der Waals surface area (Å²) >= 11 is 1.90. The molecule has 0 spiro atoms. The van der Waals surface area contributed by atoms with Gasteiger partial charge in [-0.05, 0) is 43.6 Å². The van der Waals surface area contributed by atoms with Crippen LogP contribution in [-0.2, 0) is 4.79 Å². The van der Waals surface area contributed by atoms with E-state index in [0.717, 1.165) is 55.6 Å². The molecule has 0 aliphatic carbocycles. The zero-order valence-electron chi connectivity index (χ0n) is 13.7. The molecule has 1 atom stereocenters. The maximum Gasteiger partial charge on any atom is 0.326 e. The average Bonchev–Trinajstić information content (AvgIpc) is 2.98. The summed E-state index contributed by atoms with van der Waals surface area (Å²) in [7, 11) is 0. The lowest BCUT2D eigenvalue weighted by atomic mass is 9.99. The number of nitrogens with zero attached hydrogens (tertiary/aromatic N) is 2. The predicted octanol–water partition coefficient (Wildman–Crippen LogP) is 2.64. The Hall–Kier alpha value is -1.69. The predicted molar refractivity (Wildman–Crippen MR) is 97.5 cm³/mol. The zero-order chi connectivity index (χ0) is 16.5. The number of carbonyl (C=O) groups excluding carboxylic acids is 1. The van der Waals surface area contributed by atoms with Crippen LogP contribution in [0.15, 0.2) is 29.1 Å². The Kier molecular flexibility index (Phi) is 4.39. The highest BCUT2D eigenvalue weighted by Gasteiger charge is 2.30. The number of thioether (sulfide) groups is 1. The molecular weight excluding hydrogens is 322 g/mol. The number of aromatic amines is 1. The van der Waals surface area contributed by atoms with E-state index in [1.165, 1.54) is 5.75 Å². The number of likely N-dealkylation sites (tertiary alicyclic amines) is 1. The van der Waals surface area contributed by atoms with Crippen molar-refractivity contribution in [3.05, 3.63) is 34.7 Å². The summed E-state index contributed by atoms with van der Waals surface area (Å²) in [6.45, 7) is 1.52. The van der Waals surface area contributed by atoms with Gasteiger partial charge in [0.2, 0.25) is 5.91 Å². The molecule has 2 fully saturated rings. The van der Waals surface area contributed by atoms with E-state index in [0.29, 0.717) is 5.91 Å². The maximum absolute atomic E-state index is 12.7. The molecule has 0 bridgehead atoms. The summed E-state index contributed by atoms with van der Waals surface area (Å²) in [6, 6.07) is 8.01. The Bertz CT molecular complexity index is 783. The fourth-order valence-corrected chi connectivity index (χ4v) is 5.11. The van der Waals surface area contributed by atoms with Gasteiger partial charge in [0.15, 0.2) is 0 Å². The summed E-state index contributed by atoms with van der Waals surface area (Å²) < 4.78 is 1.88. The molecule has 5 nitrogen and oxygen atoms in total. The number of hydrogen-bond acceptors (Lipinski definition) is 3. The van der Waals surface area contributed by atoms with Gasteiger partial charge in [0.05, 0.1) is 11.0 Å². The quantitative estimate of drug-likeness (QED) is 0.910. The van der Waals surface area contributed by atoms with Gasteiger partial charge >= 0.3 is 5.69 Å². The van der Waals surface area contributed by atoms with Gasteiger partial charge in [-0.1, -0.05) is 12.1 Å². The van der Waals surface area contributed by atoms with Crippen molar-refractivity contribution in [3.63, 3.8) is 0 Å². The normalized spacial score (nSPS) is 22.8. The van der Waals surface area contributed by atoms with E-state index in [-0.39, 0.29) is 17.6 Å². The summed E-state index contributed by atoms with van der Waals surface area (Å²) in [4.78, 5) is 29.9. The zero-order valence-corrected chi connectivity index (χ0v) is 14.6. The average molecular weight is 345 g/mol. The molecule has 3 heterocycles. The molecule has 1 amide bonds. The molecule has 1 N–H and O–H groups in total. The molecule has 2 aliphatic heterocycles. The second-order valence-electron chi connectivity index (χ2n) is 6.79. The highest BCUT2D eigenvalue weighted by Crippen LogP contribution is 2.28. The van der Waals surface area contributed by atoms with Crippen LogP contribution in [0.4, 0.5) is 0 Å². The highest BCUT2D eigenvalue weighted by molar-refractivity contribution is 7.99. The van der Waals surface area contributed by atoms with E-state index in [9.17, 15) is 9.59 Å². The number of benzene rings is 1. The van der Waals surface area contributed by atoms with Crippen molar-refractivity contribution in [2.45, 2.75) is 31.7 Å². The maximum atomic E-state index is 12.7. The van der Waals surface area contributed by atoms with Crippen LogP contribution in [0, 0.1) is 5.92 Å². The number of rotatable bonds is 2. The number of aromatic nitrogens is 2. The van der Waals surface area contributed by atoms with Crippen molar-refractivity contribution >= 4 is 28.7 Å². The number of hydrogen-bond donors (Lipinski definition) is 1. The van der Waals surface area contributed by atoms with Gasteiger partial charge in [-0.2, -0.15) is 11.8 Å². The molecule has 2 saturated heterocycles. The summed E-state index contributed by atoms with van der Waals surface area (Å²) in [5.41, 5.74) is 1.82. The first-order chi connectivity index (χ1) is 11.7. The third-order valence-corrected chi connectivity index (χ3v) is 6.49. The van der Waals surface area contributed by atoms with E-state index in [2.05, 4.69) is 4.98 Å². The molecule has 1 aromatic carbocycles. The number of piperidine rings is 1. The van der Waals surface area contributed by atoms with E-state index >= 15 is 0 Å². The number of H-pyrrole nitrogens is 1. The Morgan fingerprint density at radius 1 is 1.17 bits per heavy atom. The first-order valence-corrected chi connectivity index (χ1v) is 9.95. The third kappa shape index (κ3) is 2.88. The number of carbonyl (C=O) groups is 1. The Morgan fingerprint density at radius 2 is 1.96 bits per heavy atom. The van der Waals surface area contributed by atoms with E-state index in [4.69, 9.17) is 0 Å². The molecule has 1 aromatic heterocycles. The minimum absolute atomic E-state index is 0.0374. The minimum Gasteiger partial charge on any atom is -0.342 e. The van der Waals surface area contributed by atoms with Crippen molar-refractivity contribution in [2.75, 3.05) is 24.6 Å². The van der Waals surface area contributed by atoms with Crippen molar-refractivity contribution in [3.8, 4) is 0 Å². The first-order valence-electron chi connectivity index (χ1n) is 8.80. The topological polar surface area (TPSA) is 58.1 Å². The number of amides is 1. The fourth-order valence-electron chi connectivity index (χ4n) is 3.97. The Balaban J connectivity index is 1.46. The fraction of sp³-hybridized carbons (Fsp3) is 0.556. The lowest BCUT2D eigenvalue weighted by Gasteiger charge is -2.35. The smallest absolute Gasteiger partial charge is 0.326 e. The van der Waals surface area contributed by atoms with Crippen LogP contribution in [0.5, 0.6) is 0 Å². The standard InChI is InChI=1S/C18H23N3O2S/c22-17(13-4-3-11-24-12-13)20-9-7-14(8-10-20)21-16-6-2-1-5-15(16)19-18(21)23/h1-2,5-6,13-14H,3-4,7-12H2,(H,19,23). The molecule has 0 radical (unpaired) electrons. The van der Waals surface area contributed by atoms with Gasteiger partial charge in [0.25, 0.3) is 0 Å². The molecule has 128 valence electrons. The van der Waals surface area contributed by atoms with E-state index in [1.54, 1.807) is 0 Å².